The van der Waals surface area contributed by atoms with Crippen LogP contribution in [0.5, 0.6) is 0 Å². The van der Waals surface area contributed by atoms with E-state index in [1.165, 1.54) is 0 Å². The number of benzene rings is 2. The number of primary amides is 1. The first kappa shape index (κ1) is 33.4. The molecular formula is C34H43ClN6O5. The highest BCUT2D eigenvalue weighted by Crippen LogP contribution is 2.38. The van der Waals surface area contributed by atoms with E-state index in [2.05, 4.69) is 4.98 Å². The number of fused-ring (bicyclic) bond motifs is 1. The molecule has 0 spiro atoms. The third kappa shape index (κ3) is 6.48. The molecule has 12 heteroatoms. The van der Waals surface area contributed by atoms with Gasteiger partial charge in [-0.25, -0.2) is 9.78 Å². The van der Waals surface area contributed by atoms with Gasteiger partial charge < -0.3 is 31.0 Å². The molecule has 3 aromatic rings. The predicted octanol–water partition coefficient (Wildman–Crippen LogP) is 4.43. The van der Waals surface area contributed by atoms with Crippen LogP contribution in [0.25, 0.3) is 11.0 Å². The highest BCUT2D eigenvalue weighted by atomic mass is 35.5. The zero-order valence-corrected chi connectivity index (χ0v) is 27.7. The topological polar surface area (TPSA) is 165 Å². The largest absolute Gasteiger partial charge is 0.458 e. The maximum Gasteiger partial charge on any atom is 0.333 e. The number of carbonyl (C=O) groups is 4. The van der Waals surface area contributed by atoms with Crippen LogP contribution in [-0.2, 0) is 14.3 Å². The standard InChI is InChI=1S/C34H43ClN6O5/c1-20-22(31(44)40-15-5-6-16-40)9-10-23(29(37)43)28(20)24(30-38-25-12-8-21(35)18-26(25)39-30)11-13-27(42)41-17-7-14-34(41,19-36)32(45)46-33(2,3)4/h8-10,12,18,24H,5-7,11,13-17,19,36H2,1-4H3,(H2,37,43)(H,38,39)/t24-,34+/m0/s1. The second-order valence-electron chi connectivity index (χ2n) is 13.3. The molecule has 11 nitrogen and oxygen atoms in total. The first-order valence-corrected chi connectivity index (χ1v) is 16.3. The van der Waals surface area contributed by atoms with E-state index >= 15 is 0 Å². The number of esters is 1. The number of nitrogens with zero attached hydrogens (tertiary/aromatic N) is 3. The highest BCUT2D eigenvalue weighted by Gasteiger charge is 2.51. The number of nitrogens with one attached hydrogen (secondary N) is 1. The quantitative estimate of drug-likeness (QED) is 0.288. The van der Waals surface area contributed by atoms with Gasteiger partial charge >= 0.3 is 5.97 Å². The first-order valence-electron chi connectivity index (χ1n) is 15.9. The normalized spacial score (nSPS) is 19.1. The summed E-state index contributed by atoms with van der Waals surface area (Å²) < 4.78 is 5.71. The summed E-state index contributed by atoms with van der Waals surface area (Å²) in [6.45, 7) is 8.80. The molecule has 0 unspecified atom stereocenters. The number of rotatable bonds is 9. The molecule has 0 aliphatic carbocycles. The van der Waals surface area contributed by atoms with Crippen LogP contribution >= 0.6 is 11.6 Å². The lowest BCUT2D eigenvalue weighted by molar-refractivity contribution is -0.171. The monoisotopic (exact) mass is 650 g/mol. The summed E-state index contributed by atoms with van der Waals surface area (Å²) in [6.07, 6.45) is 3.11. The second-order valence-corrected chi connectivity index (χ2v) is 13.8. The molecule has 5 rings (SSSR count). The van der Waals surface area contributed by atoms with E-state index in [-0.39, 0.29) is 36.8 Å². The Balaban J connectivity index is 1.55. The Kier molecular flexibility index (Phi) is 9.47. The van der Waals surface area contributed by atoms with Crippen LogP contribution in [0.2, 0.25) is 5.02 Å². The maximum atomic E-state index is 14.0. The number of nitrogens with two attached hydrogens (primary N) is 2. The minimum absolute atomic E-state index is 0.00889. The van der Waals surface area contributed by atoms with Crippen molar-refractivity contribution in [3.8, 4) is 0 Å². The average molecular weight is 651 g/mol. The average Bonchev–Trinajstić information content (AvgIpc) is 3.76. The van der Waals surface area contributed by atoms with E-state index in [1.807, 2.05) is 11.8 Å². The molecule has 5 N–H and O–H groups in total. The van der Waals surface area contributed by atoms with Gasteiger partial charge in [-0.1, -0.05) is 11.6 Å². The number of ether oxygens (including phenoxy) is 1. The highest BCUT2D eigenvalue weighted by molar-refractivity contribution is 6.31. The lowest BCUT2D eigenvalue weighted by Crippen LogP contribution is -2.59. The zero-order valence-electron chi connectivity index (χ0n) is 27.0. The SMILES string of the molecule is Cc1c(C(=O)N2CCCC2)ccc(C(N)=O)c1[C@H](CCC(=O)N1CCC[C@@]1(CN)C(=O)OC(C)(C)C)c1nc2ccc(Cl)cc2[nH]1. The molecule has 2 saturated heterocycles. The van der Waals surface area contributed by atoms with Crippen molar-refractivity contribution in [3.05, 3.63) is 63.4 Å². The molecule has 1 aromatic heterocycles. The van der Waals surface area contributed by atoms with E-state index in [9.17, 15) is 19.2 Å². The van der Waals surface area contributed by atoms with Crippen LogP contribution in [0, 0.1) is 6.92 Å². The summed E-state index contributed by atoms with van der Waals surface area (Å²) >= 11 is 6.27. The summed E-state index contributed by atoms with van der Waals surface area (Å²) in [4.78, 5) is 65.4. The van der Waals surface area contributed by atoms with Gasteiger partial charge in [-0.2, -0.15) is 0 Å². The number of halogens is 1. The molecule has 0 radical (unpaired) electrons. The van der Waals surface area contributed by atoms with Crippen LogP contribution in [-0.4, -0.2) is 80.8 Å². The van der Waals surface area contributed by atoms with Gasteiger partial charge in [-0.05, 0) is 101 Å². The van der Waals surface area contributed by atoms with Gasteiger partial charge in [0.1, 0.15) is 11.4 Å². The fraction of sp³-hybridized carbons (Fsp3) is 0.500. The summed E-state index contributed by atoms with van der Waals surface area (Å²) in [5.74, 6) is -1.67. The fourth-order valence-electron chi connectivity index (χ4n) is 6.82. The van der Waals surface area contributed by atoms with Crippen LogP contribution < -0.4 is 11.5 Å². The van der Waals surface area contributed by atoms with Gasteiger partial charge in [0, 0.05) is 54.7 Å². The summed E-state index contributed by atoms with van der Waals surface area (Å²) in [6, 6.07) is 8.52. The molecule has 246 valence electrons. The van der Waals surface area contributed by atoms with Crippen molar-refractivity contribution in [1.82, 2.24) is 19.8 Å². The van der Waals surface area contributed by atoms with Gasteiger partial charge in [-0.15, -0.1) is 0 Å². The molecule has 3 heterocycles. The van der Waals surface area contributed by atoms with E-state index in [0.717, 1.165) is 12.8 Å². The zero-order chi connectivity index (χ0) is 33.4. The summed E-state index contributed by atoms with van der Waals surface area (Å²) in [5, 5.41) is 0.524. The number of aromatic nitrogens is 2. The second kappa shape index (κ2) is 13.0. The molecule has 46 heavy (non-hydrogen) atoms. The fourth-order valence-corrected chi connectivity index (χ4v) is 7.00. The third-order valence-corrected chi connectivity index (χ3v) is 9.33. The van der Waals surface area contributed by atoms with Crippen molar-refractivity contribution in [3.63, 3.8) is 0 Å². The van der Waals surface area contributed by atoms with Crippen molar-refractivity contribution < 1.29 is 23.9 Å². The number of likely N-dealkylation sites (tertiary alicyclic amines) is 2. The Morgan fingerprint density at radius 1 is 1.07 bits per heavy atom. The van der Waals surface area contributed by atoms with Crippen molar-refractivity contribution in [2.75, 3.05) is 26.2 Å². The number of aromatic amines is 1. The van der Waals surface area contributed by atoms with Gasteiger partial charge in [0.25, 0.3) is 5.91 Å². The van der Waals surface area contributed by atoms with E-state index in [1.54, 1.807) is 56.0 Å². The number of amides is 3. The Bertz CT molecular complexity index is 1670. The molecule has 0 bridgehead atoms. The molecule has 0 saturated carbocycles. The Labute approximate surface area is 274 Å². The Morgan fingerprint density at radius 3 is 2.41 bits per heavy atom. The molecule has 2 aliphatic rings. The van der Waals surface area contributed by atoms with Crippen molar-refractivity contribution >= 4 is 46.3 Å². The predicted molar refractivity (Wildman–Crippen MR) is 176 cm³/mol. The molecule has 2 fully saturated rings. The number of carbonyl (C=O) groups excluding carboxylic acids is 4. The summed E-state index contributed by atoms with van der Waals surface area (Å²) in [5.41, 5.74) is 13.3. The minimum atomic E-state index is -1.26. The van der Waals surface area contributed by atoms with Crippen molar-refractivity contribution in [1.29, 1.82) is 0 Å². The molecular weight excluding hydrogens is 608 g/mol. The van der Waals surface area contributed by atoms with Gasteiger partial charge in [0.05, 0.1) is 11.0 Å². The number of hydrogen-bond donors (Lipinski definition) is 3. The number of imidazole rings is 1. The van der Waals surface area contributed by atoms with E-state index < -0.39 is 28.9 Å². The Hall–Kier alpha value is -3.96. The number of hydrogen-bond acceptors (Lipinski definition) is 7. The van der Waals surface area contributed by atoms with Crippen LogP contribution in [0.1, 0.15) is 103 Å². The van der Waals surface area contributed by atoms with Gasteiger partial charge in [0.2, 0.25) is 11.8 Å². The van der Waals surface area contributed by atoms with Crippen LogP contribution in [0.4, 0.5) is 0 Å². The first-order chi connectivity index (χ1) is 21.8. The molecule has 2 aliphatic heterocycles. The molecule has 2 atom stereocenters. The van der Waals surface area contributed by atoms with Crippen molar-refractivity contribution in [2.24, 2.45) is 11.5 Å². The van der Waals surface area contributed by atoms with Gasteiger partial charge in [0.15, 0.2) is 5.54 Å². The van der Waals surface area contributed by atoms with Crippen molar-refractivity contribution in [2.45, 2.75) is 83.3 Å². The Morgan fingerprint density at radius 2 is 1.76 bits per heavy atom. The smallest absolute Gasteiger partial charge is 0.333 e. The third-order valence-electron chi connectivity index (χ3n) is 9.10. The lowest BCUT2D eigenvalue weighted by atomic mass is 9.83. The lowest BCUT2D eigenvalue weighted by Gasteiger charge is -2.37. The molecule has 3 amide bonds. The summed E-state index contributed by atoms with van der Waals surface area (Å²) in [7, 11) is 0. The van der Waals surface area contributed by atoms with E-state index in [4.69, 9.17) is 32.8 Å². The maximum absolute atomic E-state index is 14.0. The van der Waals surface area contributed by atoms with E-state index in [0.29, 0.717) is 71.0 Å². The van der Waals surface area contributed by atoms with Crippen LogP contribution in [0.3, 0.4) is 0 Å². The minimum Gasteiger partial charge on any atom is -0.458 e. The molecule has 2 aromatic carbocycles. The number of H-pyrrole nitrogens is 1. The van der Waals surface area contributed by atoms with Gasteiger partial charge in [-0.3, -0.25) is 14.4 Å². The van der Waals surface area contributed by atoms with Crippen LogP contribution in [0.15, 0.2) is 30.3 Å².